The maximum absolute atomic E-state index is 11.9. The summed E-state index contributed by atoms with van der Waals surface area (Å²) in [7, 11) is -3.07. The molecule has 1 aliphatic heterocycles. The molecule has 2 aromatic rings. The Morgan fingerprint density at radius 1 is 1.20 bits per heavy atom. The smallest absolute Gasteiger partial charge is 0.231 e. The summed E-state index contributed by atoms with van der Waals surface area (Å²) >= 11 is 0. The molecule has 0 radical (unpaired) electrons. The van der Waals surface area contributed by atoms with E-state index in [0.29, 0.717) is 37.4 Å². The number of fused-ring (bicyclic) bond motifs is 1. The highest BCUT2D eigenvalue weighted by Gasteiger charge is 2.28. The van der Waals surface area contributed by atoms with Gasteiger partial charge in [0.05, 0.1) is 24.3 Å². The standard InChI is InChI=1S/C17H24N4O3S/c1-2-25(22,23)20-9-7-13(8-10-20)12-24-17-6-5-16-18-15(14-3-4-14)11-21(16)19-17/h5-6,11,13-14H,2-4,7-10,12H2,1H3. The zero-order chi connectivity index (χ0) is 17.4. The van der Waals surface area contributed by atoms with Crippen LogP contribution in [0.1, 0.15) is 44.2 Å². The van der Waals surface area contributed by atoms with Crippen LogP contribution in [0.3, 0.4) is 0 Å². The highest BCUT2D eigenvalue weighted by Crippen LogP contribution is 2.39. The van der Waals surface area contributed by atoms with Gasteiger partial charge in [-0.1, -0.05) is 0 Å². The molecule has 0 aromatic carbocycles. The Morgan fingerprint density at radius 3 is 2.64 bits per heavy atom. The second-order valence-corrected chi connectivity index (χ2v) is 9.23. The summed E-state index contributed by atoms with van der Waals surface area (Å²) < 4.78 is 33.0. The van der Waals surface area contributed by atoms with Gasteiger partial charge in [-0.3, -0.25) is 0 Å². The lowest BCUT2D eigenvalue weighted by Gasteiger charge is -2.30. The number of rotatable bonds is 6. The molecule has 0 amide bonds. The highest BCUT2D eigenvalue weighted by molar-refractivity contribution is 7.89. The third-order valence-electron chi connectivity index (χ3n) is 5.11. The molecule has 2 aromatic heterocycles. The van der Waals surface area contributed by atoms with Crippen molar-refractivity contribution >= 4 is 15.7 Å². The molecule has 2 aliphatic rings. The van der Waals surface area contributed by atoms with Gasteiger partial charge in [0.15, 0.2) is 5.65 Å². The topological polar surface area (TPSA) is 76.8 Å². The molecule has 3 heterocycles. The minimum absolute atomic E-state index is 0.172. The van der Waals surface area contributed by atoms with Gasteiger partial charge < -0.3 is 4.74 Å². The third kappa shape index (κ3) is 3.64. The second-order valence-electron chi connectivity index (χ2n) is 6.97. The van der Waals surface area contributed by atoms with E-state index in [1.807, 2.05) is 18.3 Å². The lowest BCUT2D eigenvalue weighted by molar-refractivity contribution is 0.179. The van der Waals surface area contributed by atoms with Gasteiger partial charge in [-0.05, 0) is 44.6 Å². The van der Waals surface area contributed by atoms with Crippen LogP contribution < -0.4 is 4.74 Å². The van der Waals surface area contributed by atoms with E-state index in [1.54, 1.807) is 15.7 Å². The molecule has 4 rings (SSSR count). The summed E-state index contributed by atoms with van der Waals surface area (Å²) in [6, 6.07) is 3.79. The van der Waals surface area contributed by atoms with Gasteiger partial charge in [-0.15, -0.1) is 5.10 Å². The second kappa shape index (κ2) is 6.57. The molecule has 136 valence electrons. The number of nitrogens with zero attached hydrogens (tertiary/aromatic N) is 4. The van der Waals surface area contributed by atoms with Crippen molar-refractivity contribution in [2.24, 2.45) is 5.92 Å². The van der Waals surface area contributed by atoms with Crippen molar-refractivity contribution in [2.75, 3.05) is 25.4 Å². The molecule has 1 aliphatic carbocycles. The van der Waals surface area contributed by atoms with Crippen LogP contribution in [0.5, 0.6) is 5.88 Å². The fourth-order valence-corrected chi connectivity index (χ4v) is 4.41. The van der Waals surface area contributed by atoms with Crippen LogP contribution in [0.2, 0.25) is 0 Å². The summed E-state index contributed by atoms with van der Waals surface area (Å²) in [6.45, 7) is 3.44. The molecule has 0 unspecified atom stereocenters. The first-order chi connectivity index (χ1) is 12.0. The molecule has 1 saturated heterocycles. The molecule has 2 fully saturated rings. The Balaban J connectivity index is 1.33. The predicted molar refractivity (Wildman–Crippen MR) is 94.2 cm³/mol. The SMILES string of the molecule is CCS(=O)(=O)N1CCC(COc2ccc3nc(C4CC4)cn3n2)CC1. The number of ether oxygens (including phenoxy) is 1. The largest absolute Gasteiger partial charge is 0.476 e. The van der Waals surface area contributed by atoms with Crippen molar-refractivity contribution in [3.05, 3.63) is 24.0 Å². The predicted octanol–water partition coefficient (Wildman–Crippen LogP) is 2.05. The van der Waals surface area contributed by atoms with Crippen LogP contribution in [0.15, 0.2) is 18.3 Å². The number of sulfonamides is 1. The van der Waals surface area contributed by atoms with Crippen molar-refractivity contribution in [1.29, 1.82) is 0 Å². The molecule has 1 saturated carbocycles. The summed E-state index contributed by atoms with van der Waals surface area (Å²) in [5, 5.41) is 4.48. The van der Waals surface area contributed by atoms with Gasteiger partial charge in [0.25, 0.3) is 0 Å². The average Bonchev–Trinajstić information content (AvgIpc) is 3.39. The lowest BCUT2D eigenvalue weighted by atomic mass is 9.99. The maximum atomic E-state index is 11.9. The van der Waals surface area contributed by atoms with Gasteiger partial charge in [-0.25, -0.2) is 22.2 Å². The van der Waals surface area contributed by atoms with E-state index in [2.05, 4.69) is 10.1 Å². The Kier molecular flexibility index (Phi) is 4.41. The minimum Gasteiger partial charge on any atom is -0.476 e. The normalized spacial score (nSPS) is 20.2. The van der Waals surface area contributed by atoms with Crippen molar-refractivity contribution in [3.63, 3.8) is 0 Å². The van der Waals surface area contributed by atoms with Crippen molar-refractivity contribution in [2.45, 2.75) is 38.5 Å². The maximum Gasteiger partial charge on any atom is 0.231 e. The molecular weight excluding hydrogens is 340 g/mol. The molecule has 8 heteroatoms. The molecule has 25 heavy (non-hydrogen) atoms. The summed E-state index contributed by atoms with van der Waals surface area (Å²) in [5.41, 5.74) is 1.97. The van der Waals surface area contributed by atoms with E-state index >= 15 is 0 Å². The van der Waals surface area contributed by atoms with Crippen LogP contribution in [0.25, 0.3) is 5.65 Å². The monoisotopic (exact) mass is 364 g/mol. The van der Waals surface area contributed by atoms with E-state index in [9.17, 15) is 8.42 Å². The van der Waals surface area contributed by atoms with E-state index in [0.717, 1.165) is 24.2 Å². The van der Waals surface area contributed by atoms with E-state index < -0.39 is 10.0 Å². The zero-order valence-corrected chi connectivity index (χ0v) is 15.3. The summed E-state index contributed by atoms with van der Waals surface area (Å²) in [5.74, 6) is 1.74. The summed E-state index contributed by atoms with van der Waals surface area (Å²) in [4.78, 5) is 4.59. The first kappa shape index (κ1) is 16.8. The molecule has 7 nitrogen and oxygen atoms in total. The molecule has 0 spiro atoms. The fourth-order valence-electron chi connectivity index (χ4n) is 3.28. The number of imidazole rings is 1. The van der Waals surface area contributed by atoms with Crippen LogP contribution in [-0.2, 0) is 10.0 Å². The molecule has 0 bridgehead atoms. The van der Waals surface area contributed by atoms with Gasteiger partial charge >= 0.3 is 0 Å². The van der Waals surface area contributed by atoms with Crippen LogP contribution in [0.4, 0.5) is 0 Å². The van der Waals surface area contributed by atoms with E-state index in [-0.39, 0.29) is 5.75 Å². The van der Waals surface area contributed by atoms with Gasteiger partial charge in [0.2, 0.25) is 15.9 Å². The molecular formula is C17H24N4O3S. The first-order valence-corrected chi connectivity index (χ1v) is 10.6. The number of hydrogen-bond acceptors (Lipinski definition) is 5. The lowest BCUT2D eigenvalue weighted by Crippen LogP contribution is -2.40. The summed E-state index contributed by atoms with van der Waals surface area (Å²) in [6.07, 6.45) is 6.10. The number of hydrogen-bond donors (Lipinski definition) is 0. The zero-order valence-electron chi connectivity index (χ0n) is 14.5. The van der Waals surface area contributed by atoms with E-state index in [4.69, 9.17) is 4.74 Å². The Bertz CT molecular complexity index is 852. The number of aromatic nitrogens is 3. The quantitative estimate of drug-likeness (QED) is 0.784. The van der Waals surface area contributed by atoms with Crippen molar-refractivity contribution in [3.8, 4) is 5.88 Å². The minimum atomic E-state index is -3.07. The van der Waals surface area contributed by atoms with E-state index in [1.165, 1.54) is 12.8 Å². The van der Waals surface area contributed by atoms with Crippen LogP contribution in [0, 0.1) is 5.92 Å². The van der Waals surface area contributed by atoms with Gasteiger partial charge in [-0.2, -0.15) is 0 Å². The average molecular weight is 364 g/mol. The van der Waals surface area contributed by atoms with Gasteiger partial charge in [0.1, 0.15) is 0 Å². The fraction of sp³-hybridized carbons (Fsp3) is 0.647. The Morgan fingerprint density at radius 2 is 1.96 bits per heavy atom. The first-order valence-electron chi connectivity index (χ1n) is 9.02. The Hall–Kier alpha value is -1.67. The van der Waals surface area contributed by atoms with Gasteiger partial charge in [0, 0.05) is 25.1 Å². The van der Waals surface area contributed by atoms with Crippen molar-refractivity contribution < 1.29 is 13.2 Å². The number of piperidine rings is 1. The molecule has 0 N–H and O–H groups in total. The highest BCUT2D eigenvalue weighted by atomic mass is 32.2. The van der Waals surface area contributed by atoms with Crippen molar-refractivity contribution in [1.82, 2.24) is 18.9 Å². The van der Waals surface area contributed by atoms with Crippen LogP contribution in [-0.4, -0.2) is 52.8 Å². The molecule has 0 atom stereocenters. The third-order valence-corrected chi connectivity index (χ3v) is 6.99. The van der Waals surface area contributed by atoms with Crippen LogP contribution >= 0.6 is 0 Å². The Labute approximate surface area is 148 Å².